The second-order valence-electron chi connectivity index (χ2n) is 5.07. The number of non-ortho nitro benzene ring substituents is 1. The highest BCUT2D eigenvalue weighted by molar-refractivity contribution is 6.32. The van der Waals surface area contributed by atoms with Crippen molar-refractivity contribution in [3.63, 3.8) is 0 Å². The zero-order valence-electron chi connectivity index (χ0n) is 12.7. The number of aromatic nitrogens is 1. The van der Waals surface area contributed by atoms with Gasteiger partial charge in [-0.1, -0.05) is 35.9 Å². The summed E-state index contributed by atoms with van der Waals surface area (Å²) >= 11 is 6.10. The average Bonchev–Trinajstić information content (AvgIpc) is 2.62. The van der Waals surface area contributed by atoms with Gasteiger partial charge in [-0.05, 0) is 18.2 Å². The van der Waals surface area contributed by atoms with Crippen molar-refractivity contribution in [2.75, 3.05) is 0 Å². The zero-order chi connectivity index (χ0) is 17.8. The minimum absolute atomic E-state index is 0.133. The largest absolute Gasteiger partial charge is 0.271 e. The van der Waals surface area contributed by atoms with Gasteiger partial charge in [-0.15, -0.1) is 0 Å². The number of amides is 1. The van der Waals surface area contributed by atoms with Gasteiger partial charge in [0, 0.05) is 28.6 Å². The molecule has 1 aromatic heterocycles. The number of nitrogens with one attached hydrogen (secondary N) is 1. The van der Waals surface area contributed by atoms with Gasteiger partial charge < -0.3 is 0 Å². The van der Waals surface area contributed by atoms with Crippen molar-refractivity contribution in [3.05, 3.63) is 81.0 Å². The summed E-state index contributed by atoms with van der Waals surface area (Å²) in [5.41, 5.74) is 3.57. The van der Waals surface area contributed by atoms with Crippen molar-refractivity contribution in [2.24, 2.45) is 5.10 Å². The van der Waals surface area contributed by atoms with E-state index in [9.17, 15) is 14.9 Å². The number of carbonyl (C=O) groups excluding carboxylic acids is 1. The fourth-order valence-electron chi connectivity index (χ4n) is 2.19. The van der Waals surface area contributed by atoms with Crippen LogP contribution in [0.25, 0.3) is 10.9 Å². The van der Waals surface area contributed by atoms with E-state index in [1.807, 2.05) is 24.3 Å². The summed E-state index contributed by atoms with van der Waals surface area (Å²) in [6.45, 7) is 0. The van der Waals surface area contributed by atoms with Crippen LogP contribution >= 0.6 is 11.6 Å². The fourth-order valence-corrected chi connectivity index (χ4v) is 2.38. The molecule has 0 aliphatic rings. The summed E-state index contributed by atoms with van der Waals surface area (Å²) in [6, 6.07) is 14.6. The average molecular weight is 355 g/mol. The molecule has 0 atom stereocenters. The zero-order valence-corrected chi connectivity index (χ0v) is 13.5. The van der Waals surface area contributed by atoms with Crippen LogP contribution in [0.4, 0.5) is 5.69 Å². The van der Waals surface area contributed by atoms with Crippen molar-refractivity contribution in [3.8, 4) is 0 Å². The maximum absolute atomic E-state index is 12.0. The first-order chi connectivity index (χ1) is 12.0. The molecule has 1 N–H and O–H groups in total. The van der Waals surface area contributed by atoms with E-state index in [-0.39, 0.29) is 16.4 Å². The molecule has 0 unspecified atom stereocenters. The monoisotopic (exact) mass is 354 g/mol. The molecule has 0 bridgehead atoms. The topological polar surface area (TPSA) is 97.5 Å². The van der Waals surface area contributed by atoms with Gasteiger partial charge in [-0.25, -0.2) is 10.4 Å². The van der Waals surface area contributed by atoms with Gasteiger partial charge in [0.15, 0.2) is 0 Å². The molecule has 0 saturated heterocycles. The Morgan fingerprint density at radius 2 is 2.00 bits per heavy atom. The van der Waals surface area contributed by atoms with E-state index in [0.29, 0.717) is 5.56 Å². The molecule has 0 radical (unpaired) electrons. The molecular formula is C17H11ClN4O3. The van der Waals surface area contributed by atoms with Crippen LogP contribution in [0, 0.1) is 10.1 Å². The van der Waals surface area contributed by atoms with Gasteiger partial charge in [-0.3, -0.25) is 14.9 Å². The molecule has 0 aliphatic heterocycles. The molecule has 7 nitrogen and oxygen atoms in total. The molecule has 3 rings (SSSR count). The standard InChI is InChI=1S/C17H11ClN4O3/c18-16-13(8-11-4-1-2-7-15(11)20-16)10-19-21-17(23)12-5-3-6-14(9-12)22(24)25/h1-10H,(H,21,23)/b19-10-. The van der Waals surface area contributed by atoms with E-state index in [1.54, 1.807) is 6.07 Å². The minimum atomic E-state index is -0.569. The van der Waals surface area contributed by atoms with Crippen molar-refractivity contribution >= 4 is 40.3 Å². The predicted octanol–water partition coefficient (Wildman–Crippen LogP) is 3.56. The predicted molar refractivity (Wildman–Crippen MR) is 94.9 cm³/mol. The Balaban J connectivity index is 1.77. The molecule has 124 valence electrons. The normalized spacial score (nSPS) is 10.9. The number of para-hydroxylation sites is 1. The third kappa shape index (κ3) is 3.78. The van der Waals surface area contributed by atoms with Crippen molar-refractivity contribution in [1.82, 2.24) is 10.4 Å². The summed E-state index contributed by atoms with van der Waals surface area (Å²) in [5, 5.41) is 15.7. The number of hydrazone groups is 1. The Hall–Kier alpha value is -3.32. The number of fused-ring (bicyclic) bond motifs is 1. The van der Waals surface area contributed by atoms with Gasteiger partial charge in [0.05, 0.1) is 16.7 Å². The second kappa shape index (κ2) is 7.06. The van der Waals surface area contributed by atoms with Crippen LogP contribution in [0.15, 0.2) is 59.7 Å². The third-order valence-corrected chi connectivity index (χ3v) is 3.70. The number of nitro benzene ring substituents is 1. The Bertz CT molecular complexity index is 1000. The van der Waals surface area contributed by atoms with E-state index < -0.39 is 10.8 Å². The summed E-state index contributed by atoms with van der Waals surface area (Å²) in [7, 11) is 0. The van der Waals surface area contributed by atoms with Crippen LogP contribution in [0.5, 0.6) is 0 Å². The number of hydrogen-bond acceptors (Lipinski definition) is 5. The van der Waals surface area contributed by atoms with Crippen LogP contribution in [-0.4, -0.2) is 22.0 Å². The molecule has 0 saturated carbocycles. The SMILES string of the molecule is O=C(N/N=C\c1cc2ccccc2nc1Cl)c1cccc([N+](=O)[O-])c1. The molecule has 1 heterocycles. The molecule has 0 fully saturated rings. The molecule has 2 aromatic carbocycles. The lowest BCUT2D eigenvalue weighted by Gasteiger charge is -2.02. The van der Waals surface area contributed by atoms with E-state index in [2.05, 4.69) is 15.5 Å². The van der Waals surface area contributed by atoms with Crippen LogP contribution < -0.4 is 5.43 Å². The van der Waals surface area contributed by atoms with E-state index >= 15 is 0 Å². The summed E-state index contributed by atoms with van der Waals surface area (Å²) in [4.78, 5) is 26.4. The van der Waals surface area contributed by atoms with Crippen LogP contribution in [0.1, 0.15) is 15.9 Å². The third-order valence-electron chi connectivity index (χ3n) is 3.39. The lowest BCUT2D eigenvalue weighted by molar-refractivity contribution is -0.384. The summed E-state index contributed by atoms with van der Waals surface area (Å²) in [6.07, 6.45) is 1.37. The second-order valence-corrected chi connectivity index (χ2v) is 5.43. The molecule has 3 aromatic rings. The number of rotatable bonds is 4. The van der Waals surface area contributed by atoms with Crippen molar-refractivity contribution in [2.45, 2.75) is 0 Å². The minimum Gasteiger partial charge on any atom is -0.267 e. The number of benzene rings is 2. The van der Waals surface area contributed by atoms with Crippen LogP contribution in [0.3, 0.4) is 0 Å². The van der Waals surface area contributed by atoms with E-state index in [1.165, 1.54) is 30.5 Å². The Morgan fingerprint density at radius 3 is 2.80 bits per heavy atom. The maximum atomic E-state index is 12.0. The molecule has 1 amide bonds. The highest BCUT2D eigenvalue weighted by Crippen LogP contribution is 2.19. The maximum Gasteiger partial charge on any atom is 0.271 e. The molecule has 25 heavy (non-hydrogen) atoms. The van der Waals surface area contributed by atoms with E-state index in [4.69, 9.17) is 11.6 Å². The number of nitrogens with zero attached hydrogens (tertiary/aromatic N) is 3. The van der Waals surface area contributed by atoms with Gasteiger partial charge in [0.25, 0.3) is 11.6 Å². The van der Waals surface area contributed by atoms with E-state index in [0.717, 1.165) is 10.9 Å². The molecule has 0 spiro atoms. The van der Waals surface area contributed by atoms with Gasteiger partial charge >= 0.3 is 0 Å². The van der Waals surface area contributed by atoms with Crippen LogP contribution in [-0.2, 0) is 0 Å². The number of halogens is 1. The lowest BCUT2D eigenvalue weighted by Crippen LogP contribution is -2.17. The number of hydrogen-bond donors (Lipinski definition) is 1. The van der Waals surface area contributed by atoms with Crippen molar-refractivity contribution in [1.29, 1.82) is 0 Å². The Kier molecular flexibility index (Phi) is 4.67. The van der Waals surface area contributed by atoms with Gasteiger partial charge in [-0.2, -0.15) is 5.10 Å². The number of nitro groups is 1. The van der Waals surface area contributed by atoms with Crippen LogP contribution in [0.2, 0.25) is 5.15 Å². The first-order valence-corrected chi connectivity index (χ1v) is 7.55. The Labute approximate surface area is 147 Å². The first kappa shape index (κ1) is 16.5. The van der Waals surface area contributed by atoms with Gasteiger partial charge in [0.1, 0.15) is 5.15 Å². The molecule has 0 aliphatic carbocycles. The summed E-state index contributed by atoms with van der Waals surface area (Å²) in [5.74, 6) is -0.565. The van der Waals surface area contributed by atoms with Gasteiger partial charge in [0.2, 0.25) is 0 Å². The lowest BCUT2D eigenvalue weighted by atomic mass is 10.2. The molecular weight excluding hydrogens is 344 g/mol. The highest BCUT2D eigenvalue weighted by atomic mass is 35.5. The fraction of sp³-hybridized carbons (Fsp3) is 0. The first-order valence-electron chi connectivity index (χ1n) is 7.18. The number of pyridine rings is 1. The smallest absolute Gasteiger partial charge is 0.267 e. The number of carbonyl (C=O) groups is 1. The quantitative estimate of drug-likeness (QED) is 0.335. The Morgan fingerprint density at radius 1 is 1.20 bits per heavy atom. The van der Waals surface area contributed by atoms with Crippen molar-refractivity contribution < 1.29 is 9.72 Å². The summed E-state index contributed by atoms with van der Waals surface area (Å²) < 4.78 is 0. The molecule has 8 heteroatoms. The highest BCUT2D eigenvalue weighted by Gasteiger charge is 2.10.